The fourth-order valence-electron chi connectivity index (χ4n) is 1.07. The first-order valence-electron chi connectivity index (χ1n) is 3.96. The monoisotopic (exact) mass is 222 g/mol. The molecule has 0 bridgehead atoms. The van der Waals surface area contributed by atoms with Crippen LogP contribution in [0.3, 0.4) is 0 Å². The third kappa shape index (κ3) is 2.87. The topological polar surface area (TPSA) is 46.5 Å². The third-order valence-corrected chi connectivity index (χ3v) is 2.77. The van der Waals surface area contributed by atoms with Crippen molar-refractivity contribution in [3.63, 3.8) is 0 Å². The van der Waals surface area contributed by atoms with Gasteiger partial charge in [0.15, 0.2) is 21.3 Å². The van der Waals surface area contributed by atoms with Gasteiger partial charge < -0.3 is 0 Å². The first-order chi connectivity index (χ1) is 6.33. The van der Waals surface area contributed by atoms with Crippen molar-refractivity contribution in [1.82, 2.24) is 0 Å². The number of nitrogens with zero attached hydrogens (tertiary/aromatic N) is 1. The largest absolute Gasteiger partial charge is 0.266 e. The predicted octanol–water partition coefficient (Wildman–Crippen LogP) is 1.58. The number of hydrogen-bond acceptors (Lipinski definition) is 3. The summed E-state index contributed by atoms with van der Waals surface area (Å²) >= 11 is 0. The van der Waals surface area contributed by atoms with Crippen LogP contribution in [0.5, 0.6) is 0 Å². The van der Waals surface area contributed by atoms with Gasteiger partial charge in [0.25, 0.3) is 0 Å². The minimum atomic E-state index is -3.51. The summed E-state index contributed by atoms with van der Waals surface area (Å²) in [4.78, 5) is 3.43. The van der Waals surface area contributed by atoms with Gasteiger partial charge in [0.1, 0.15) is 0 Å². The van der Waals surface area contributed by atoms with E-state index in [0.717, 1.165) is 6.20 Å². The van der Waals surface area contributed by atoms with Crippen LogP contribution in [-0.2, 0) is 9.84 Å². The summed E-state index contributed by atoms with van der Waals surface area (Å²) in [6, 6.07) is 0. The lowest BCUT2D eigenvalue weighted by atomic mass is 9.97. The molecule has 6 heteroatoms. The van der Waals surface area contributed by atoms with Gasteiger partial charge in [-0.3, -0.25) is 4.99 Å². The van der Waals surface area contributed by atoms with Crippen LogP contribution in [0.25, 0.3) is 0 Å². The van der Waals surface area contributed by atoms with Gasteiger partial charge in [0, 0.05) is 19.1 Å². The summed E-state index contributed by atoms with van der Waals surface area (Å²) in [5.74, 6) is -1.50. The van der Waals surface area contributed by atoms with E-state index in [1.165, 1.54) is 6.21 Å². The van der Waals surface area contributed by atoms with Crippen LogP contribution < -0.4 is 0 Å². The van der Waals surface area contributed by atoms with Gasteiger partial charge in [-0.15, -0.1) is 0 Å². The highest BCUT2D eigenvalue weighted by molar-refractivity contribution is 7.92. The van der Waals surface area contributed by atoms with E-state index in [-0.39, 0.29) is 6.42 Å². The average Bonchev–Trinajstić information content (AvgIpc) is 2.06. The summed E-state index contributed by atoms with van der Waals surface area (Å²) in [5, 5.41) is 0. The maximum atomic E-state index is 13.7. The summed E-state index contributed by atoms with van der Waals surface area (Å²) < 4.78 is 48.0. The first-order valence-corrected chi connectivity index (χ1v) is 5.78. The molecule has 1 aliphatic heterocycles. The number of hydrogen-bond donors (Lipinski definition) is 0. The van der Waals surface area contributed by atoms with Gasteiger partial charge in [-0.1, -0.05) is 0 Å². The molecule has 0 saturated heterocycles. The van der Waals surface area contributed by atoms with E-state index in [0.29, 0.717) is 0 Å². The maximum absolute atomic E-state index is 13.7. The fraction of sp³-hybridized carbons (Fsp3) is 0.500. The fourth-order valence-corrected chi connectivity index (χ4v) is 1.70. The molecular weight excluding hydrogens is 212 g/mol. The lowest BCUT2D eigenvalue weighted by Gasteiger charge is -2.22. The molecule has 0 saturated carbocycles. The molecule has 14 heavy (non-hydrogen) atoms. The lowest BCUT2D eigenvalue weighted by molar-refractivity contribution is 0.176. The van der Waals surface area contributed by atoms with Crippen molar-refractivity contribution in [3.8, 4) is 0 Å². The van der Waals surface area contributed by atoms with Crippen LogP contribution in [0, 0.1) is 6.26 Å². The molecule has 0 amide bonds. The van der Waals surface area contributed by atoms with E-state index >= 15 is 0 Å². The molecular formula is C8H10F2NO2S. The van der Waals surface area contributed by atoms with Crippen molar-refractivity contribution in [2.45, 2.75) is 18.5 Å². The molecule has 0 aromatic heterocycles. The maximum Gasteiger partial charge on any atom is 0.169 e. The Hall–Kier alpha value is -0.780. The van der Waals surface area contributed by atoms with Crippen molar-refractivity contribution < 1.29 is 17.2 Å². The number of sulfone groups is 1. The summed E-state index contributed by atoms with van der Waals surface area (Å²) in [7, 11) is -3.51. The number of allylic oxidation sites excluding steroid dienone is 1. The van der Waals surface area contributed by atoms with Crippen molar-refractivity contribution >= 4 is 16.1 Å². The van der Waals surface area contributed by atoms with E-state index in [1.54, 1.807) is 0 Å². The predicted molar refractivity (Wildman–Crippen MR) is 49.9 cm³/mol. The second kappa shape index (κ2) is 3.76. The van der Waals surface area contributed by atoms with Gasteiger partial charge in [-0.2, -0.15) is 0 Å². The molecule has 1 aliphatic rings. The Morgan fingerprint density at radius 1 is 1.64 bits per heavy atom. The molecule has 1 rings (SSSR count). The minimum absolute atomic E-state index is 0.231. The molecule has 1 heterocycles. The van der Waals surface area contributed by atoms with E-state index in [9.17, 15) is 17.2 Å². The van der Waals surface area contributed by atoms with E-state index in [2.05, 4.69) is 11.2 Å². The Labute approximate surface area is 81.5 Å². The Bertz CT molecular complexity index is 375. The number of halogens is 2. The molecule has 0 aromatic carbocycles. The molecule has 1 atom stereocenters. The second-order valence-corrected chi connectivity index (χ2v) is 5.07. The normalized spacial score (nSPS) is 27.5. The number of alkyl halides is 1. The van der Waals surface area contributed by atoms with E-state index in [4.69, 9.17) is 0 Å². The molecule has 0 N–H and O–H groups in total. The Balaban J connectivity index is 2.68. The van der Waals surface area contributed by atoms with Crippen molar-refractivity contribution in [2.75, 3.05) is 5.75 Å². The molecule has 3 nitrogen and oxygen atoms in total. The smallest absolute Gasteiger partial charge is 0.169 e. The van der Waals surface area contributed by atoms with Crippen molar-refractivity contribution in [2.24, 2.45) is 4.99 Å². The van der Waals surface area contributed by atoms with Gasteiger partial charge in [0.2, 0.25) is 0 Å². The molecule has 79 valence electrons. The van der Waals surface area contributed by atoms with Crippen molar-refractivity contribution in [1.29, 1.82) is 0 Å². The van der Waals surface area contributed by atoms with Crippen LogP contribution in [-0.4, -0.2) is 26.1 Å². The molecule has 0 aliphatic carbocycles. The summed E-state index contributed by atoms with van der Waals surface area (Å²) in [5.41, 5.74) is -2.23. The molecule has 0 aromatic rings. The van der Waals surface area contributed by atoms with Gasteiger partial charge in [-0.25, -0.2) is 17.2 Å². The van der Waals surface area contributed by atoms with Gasteiger partial charge in [-0.05, 0) is 0 Å². The SMILES string of the molecule is [CH2]S(=O)(=O)CCC1(F)CC=NC=C1F. The number of rotatable bonds is 3. The zero-order valence-electron chi connectivity index (χ0n) is 7.41. The van der Waals surface area contributed by atoms with Crippen LogP contribution in [0.4, 0.5) is 8.78 Å². The minimum Gasteiger partial charge on any atom is -0.266 e. The van der Waals surface area contributed by atoms with E-state index in [1.807, 2.05) is 0 Å². The lowest BCUT2D eigenvalue weighted by Crippen LogP contribution is -2.29. The van der Waals surface area contributed by atoms with Crippen molar-refractivity contribution in [3.05, 3.63) is 18.3 Å². The average molecular weight is 222 g/mol. The highest BCUT2D eigenvalue weighted by atomic mass is 32.2. The molecule has 1 unspecified atom stereocenters. The Morgan fingerprint density at radius 2 is 2.29 bits per heavy atom. The quantitative estimate of drug-likeness (QED) is 0.727. The summed E-state index contributed by atoms with van der Waals surface area (Å²) in [6.45, 7) is 0. The standard InChI is InChI=1S/C8H10F2NO2S/c1-14(12,13)5-3-8(10)2-4-11-6-7(8)9/h4,6H,1-3,5H2. The number of aliphatic imine (C=N–C) groups is 1. The van der Waals surface area contributed by atoms with Crippen LogP contribution in [0.15, 0.2) is 17.0 Å². The van der Waals surface area contributed by atoms with E-state index < -0.39 is 33.5 Å². The highest BCUT2D eigenvalue weighted by Crippen LogP contribution is 2.32. The first kappa shape index (κ1) is 11.3. The Morgan fingerprint density at radius 3 is 2.79 bits per heavy atom. The Kier molecular flexibility index (Phi) is 3.04. The zero-order chi connectivity index (χ0) is 10.8. The van der Waals surface area contributed by atoms with Crippen LogP contribution in [0.2, 0.25) is 0 Å². The van der Waals surface area contributed by atoms with Crippen LogP contribution >= 0.6 is 0 Å². The van der Waals surface area contributed by atoms with Crippen LogP contribution in [0.1, 0.15) is 12.8 Å². The molecule has 1 radical (unpaired) electrons. The van der Waals surface area contributed by atoms with Gasteiger partial charge >= 0.3 is 0 Å². The van der Waals surface area contributed by atoms with Gasteiger partial charge in [0.05, 0.1) is 18.2 Å². The third-order valence-electron chi connectivity index (χ3n) is 1.95. The summed E-state index contributed by atoms with van der Waals surface area (Å²) in [6.07, 6.45) is 4.17. The molecule has 0 fully saturated rings. The second-order valence-electron chi connectivity index (χ2n) is 3.18. The molecule has 0 spiro atoms. The highest BCUT2D eigenvalue weighted by Gasteiger charge is 2.36. The zero-order valence-corrected chi connectivity index (χ0v) is 8.23.